The van der Waals surface area contributed by atoms with Gasteiger partial charge in [0.25, 0.3) is 5.91 Å². The van der Waals surface area contributed by atoms with E-state index in [4.69, 9.17) is 9.47 Å². The van der Waals surface area contributed by atoms with E-state index in [2.05, 4.69) is 5.32 Å². The molecule has 0 atom stereocenters. The Morgan fingerprint density at radius 2 is 1.64 bits per heavy atom. The molecule has 0 bridgehead atoms. The second kappa shape index (κ2) is 11.7. The quantitative estimate of drug-likeness (QED) is 0.489. The summed E-state index contributed by atoms with van der Waals surface area (Å²) >= 11 is 0. The standard InChI is InChI=1S/C28H34F2N2O4/c1-35-23-17-22(25(29)27(36-2)26(23)30)28(34)32-15-13-20(14-16-32)19-8-10-21(11-9-19)31-24(33)12-7-18-5-3-4-6-18/h8-11,17-18,20H,3-7,12-16H2,1-2H3,(H,31,33). The van der Waals surface area contributed by atoms with Gasteiger partial charge in [0, 0.05) is 25.2 Å². The fourth-order valence-corrected chi connectivity index (χ4v) is 5.35. The number of likely N-dealkylation sites (tertiary alicyclic amines) is 1. The van der Waals surface area contributed by atoms with E-state index in [0.29, 0.717) is 25.4 Å². The molecule has 1 aliphatic heterocycles. The van der Waals surface area contributed by atoms with Crippen molar-refractivity contribution in [3.05, 3.63) is 53.1 Å². The number of rotatable bonds is 8. The van der Waals surface area contributed by atoms with Gasteiger partial charge in [0.1, 0.15) is 0 Å². The summed E-state index contributed by atoms with van der Waals surface area (Å²) < 4.78 is 38.7. The van der Waals surface area contributed by atoms with Crippen LogP contribution in [0, 0.1) is 17.6 Å². The zero-order chi connectivity index (χ0) is 25.7. The summed E-state index contributed by atoms with van der Waals surface area (Å²) in [6.45, 7) is 0.898. The first-order valence-electron chi connectivity index (χ1n) is 12.7. The van der Waals surface area contributed by atoms with Crippen molar-refractivity contribution in [2.45, 2.75) is 57.3 Å². The van der Waals surface area contributed by atoms with Crippen molar-refractivity contribution in [2.75, 3.05) is 32.6 Å². The van der Waals surface area contributed by atoms with Crippen molar-refractivity contribution in [3.63, 3.8) is 0 Å². The van der Waals surface area contributed by atoms with Gasteiger partial charge in [-0.3, -0.25) is 9.59 Å². The van der Waals surface area contributed by atoms with Crippen LogP contribution in [0.4, 0.5) is 14.5 Å². The number of hydrogen-bond donors (Lipinski definition) is 1. The summed E-state index contributed by atoms with van der Waals surface area (Å²) in [5.41, 5.74) is 1.66. The number of methoxy groups -OCH3 is 2. The lowest BCUT2D eigenvalue weighted by molar-refractivity contribution is -0.116. The maximum atomic E-state index is 14.8. The molecule has 2 fully saturated rings. The van der Waals surface area contributed by atoms with E-state index >= 15 is 0 Å². The van der Waals surface area contributed by atoms with Crippen LogP contribution in [0.2, 0.25) is 0 Å². The van der Waals surface area contributed by atoms with Crippen LogP contribution >= 0.6 is 0 Å². The summed E-state index contributed by atoms with van der Waals surface area (Å²) in [7, 11) is 2.40. The van der Waals surface area contributed by atoms with Crippen molar-refractivity contribution in [2.24, 2.45) is 5.92 Å². The number of halogens is 2. The highest BCUT2D eigenvalue weighted by Crippen LogP contribution is 2.35. The number of carbonyl (C=O) groups is 2. The molecule has 1 N–H and O–H groups in total. The second-order valence-electron chi connectivity index (χ2n) is 9.71. The van der Waals surface area contributed by atoms with Gasteiger partial charge in [-0.05, 0) is 54.9 Å². The number of benzene rings is 2. The largest absolute Gasteiger partial charge is 0.494 e. The minimum Gasteiger partial charge on any atom is -0.494 e. The van der Waals surface area contributed by atoms with E-state index in [1.165, 1.54) is 32.8 Å². The predicted octanol–water partition coefficient (Wildman–Crippen LogP) is 5.91. The number of anilines is 1. The van der Waals surface area contributed by atoms with Gasteiger partial charge in [0.2, 0.25) is 11.7 Å². The molecule has 8 heteroatoms. The Morgan fingerprint density at radius 1 is 0.972 bits per heavy atom. The van der Waals surface area contributed by atoms with E-state index in [0.717, 1.165) is 43.7 Å². The zero-order valence-electron chi connectivity index (χ0n) is 20.9. The fraction of sp³-hybridized carbons (Fsp3) is 0.500. The molecule has 6 nitrogen and oxygen atoms in total. The molecule has 1 aliphatic carbocycles. The van der Waals surface area contributed by atoms with Crippen molar-refractivity contribution >= 4 is 17.5 Å². The van der Waals surface area contributed by atoms with Gasteiger partial charge in [-0.1, -0.05) is 37.8 Å². The molecule has 0 aromatic heterocycles. The Morgan fingerprint density at radius 3 is 2.25 bits per heavy atom. The fourth-order valence-electron chi connectivity index (χ4n) is 5.35. The average Bonchev–Trinajstić information content (AvgIpc) is 3.42. The van der Waals surface area contributed by atoms with Crippen LogP contribution in [0.1, 0.15) is 73.2 Å². The van der Waals surface area contributed by atoms with Crippen LogP contribution in [0.15, 0.2) is 30.3 Å². The predicted molar refractivity (Wildman–Crippen MR) is 134 cm³/mol. The lowest BCUT2D eigenvalue weighted by Gasteiger charge is -2.32. The van der Waals surface area contributed by atoms with Crippen LogP contribution < -0.4 is 14.8 Å². The highest BCUT2D eigenvalue weighted by Gasteiger charge is 2.30. The molecular weight excluding hydrogens is 466 g/mol. The van der Waals surface area contributed by atoms with Gasteiger partial charge < -0.3 is 19.7 Å². The van der Waals surface area contributed by atoms with E-state index < -0.39 is 23.3 Å². The van der Waals surface area contributed by atoms with Gasteiger partial charge in [0.15, 0.2) is 17.3 Å². The lowest BCUT2D eigenvalue weighted by Crippen LogP contribution is -2.38. The number of nitrogens with zero attached hydrogens (tertiary/aromatic N) is 1. The lowest BCUT2D eigenvalue weighted by atomic mass is 9.89. The molecule has 2 aromatic rings. The topological polar surface area (TPSA) is 67.9 Å². The van der Waals surface area contributed by atoms with Crippen LogP contribution in [0.25, 0.3) is 0 Å². The minimum absolute atomic E-state index is 0.0581. The molecule has 2 aliphatic rings. The van der Waals surface area contributed by atoms with Gasteiger partial charge >= 0.3 is 0 Å². The molecule has 0 radical (unpaired) electrons. The maximum absolute atomic E-state index is 14.8. The highest BCUT2D eigenvalue weighted by atomic mass is 19.1. The van der Waals surface area contributed by atoms with Crippen LogP contribution in [0.3, 0.4) is 0 Å². The number of ether oxygens (including phenoxy) is 2. The van der Waals surface area contributed by atoms with Crippen molar-refractivity contribution < 1.29 is 27.8 Å². The van der Waals surface area contributed by atoms with E-state index in [-0.39, 0.29) is 23.1 Å². The highest BCUT2D eigenvalue weighted by molar-refractivity contribution is 5.95. The number of piperidine rings is 1. The van der Waals surface area contributed by atoms with E-state index in [9.17, 15) is 18.4 Å². The monoisotopic (exact) mass is 500 g/mol. The molecule has 36 heavy (non-hydrogen) atoms. The molecule has 0 unspecified atom stereocenters. The molecular formula is C28H34F2N2O4. The van der Waals surface area contributed by atoms with E-state index in [1.54, 1.807) is 4.90 Å². The van der Waals surface area contributed by atoms with Crippen molar-refractivity contribution in [1.82, 2.24) is 4.90 Å². The third kappa shape index (κ3) is 5.79. The summed E-state index contributed by atoms with van der Waals surface area (Å²) in [6.07, 6.45) is 8.02. The Labute approximate surface area is 211 Å². The molecule has 1 saturated carbocycles. The van der Waals surface area contributed by atoms with Crippen LogP contribution in [0.5, 0.6) is 11.5 Å². The molecule has 0 spiro atoms. The zero-order valence-corrected chi connectivity index (χ0v) is 20.9. The van der Waals surface area contributed by atoms with Crippen LogP contribution in [-0.4, -0.2) is 44.0 Å². The third-order valence-corrected chi connectivity index (χ3v) is 7.48. The van der Waals surface area contributed by atoms with Crippen LogP contribution in [-0.2, 0) is 4.79 Å². The first-order chi connectivity index (χ1) is 17.4. The SMILES string of the molecule is COc1cc(C(=O)N2CCC(c3ccc(NC(=O)CCC4CCCC4)cc3)CC2)c(F)c(OC)c1F. The van der Waals surface area contributed by atoms with Gasteiger partial charge in [-0.25, -0.2) is 4.39 Å². The molecule has 2 aromatic carbocycles. The second-order valence-corrected chi connectivity index (χ2v) is 9.71. The number of hydrogen-bond acceptors (Lipinski definition) is 4. The number of carbonyl (C=O) groups excluding carboxylic acids is 2. The summed E-state index contributed by atoms with van der Waals surface area (Å²) in [4.78, 5) is 26.9. The smallest absolute Gasteiger partial charge is 0.257 e. The number of amides is 2. The maximum Gasteiger partial charge on any atom is 0.257 e. The van der Waals surface area contributed by atoms with Crippen molar-refractivity contribution in [1.29, 1.82) is 0 Å². The van der Waals surface area contributed by atoms with Crippen molar-refractivity contribution in [3.8, 4) is 11.5 Å². The normalized spacial score (nSPS) is 16.7. The molecule has 2 amide bonds. The number of nitrogens with one attached hydrogen (secondary N) is 1. The first kappa shape index (κ1) is 25.9. The Hall–Kier alpha value is -3.16. The Balaban J connectivity index is 1.32. The first-order valence-corrected chi connectivity index (χ1v) is 12.7. The van der Waals surface area contributed by atoms with E-state index in [1.807, 2.05) is 24.3 Å². The summed E-state index contributed by atoms with van der Waals surface area (Å²) in [5.74, 6) is -2.37. The molecule has 1 saturated heterocycles. The van der Waals surface area contributed by atoms with Gasteiger partial charge in [0.05, 0.1) is 19.8 Å². The average molecular weight is 501 g/mol. The third-order valence-electron chi connectivity index (χ3n) is 7.48. The Kier molecular flexibility index (Phi) is 8.44. The van der Waals surface area contributed by atoms with Gasteiger partial charge in [-0.2, -0.15) is 4.39 Å². The summed E-state index contributed by atoms with van der Waals surface area (Å²) in [5, 5.41) is 2.99. The Bertz CT molecular complexity index is 1080. The minimum atomic E-state index is -1.02. The van der Waals surface area contributed by atoms with Gasteiger partial charge in [-0.15, -0.1) is 0 Å². The summed E-state index contributed by atoms with van der Waals surface area (Å²) in [6, 6.07) is 8.97. The molecule has 1 heterocycles. The molecule has 194 valence electrons. The molecule has 4 rings (SSSR count).